The monoisotopic (exact) mass is 874 g/mol. The summed E-state index contributed by atoms with van der Waals surface area (Å²) in [5.74, 6) is -0.0742. The molecule has 0 aliphatic rings. The first-order valence-corrected chi connectivity index (χ1v) is 27.6. The molecule has 0 fully saturated rings. The molecule has 366 valence electrons. The summed E-state index contributed by atoms with van der Waals surface area (Å²) in [7, 11) is 0. The number of nitrogens with one attached hydrogen (secondary N) is 1. The predicted molar refractivity (Wildman–Crippen MR) is 269 cm³/mol. The van der Waals surface area contributed by atoms with Crippen LogP contribution in [0, 0.1) is 0 Å². The summed E-state index contributed by atoms with van der Waals surface area (Å²) in [6.45, 7) is 4.83. The average Bonchev–Trinajstić information content (AvgIpc) is 3.27. The lowest BCUT2D eigenvalue weighted by Crippen LogP contribution is -2.45. The van der Waals surface area contributed by atoms with Gasteiger partial charge in [0.15, 0.2) is 0 Å². The van der Waals surface area contributed by atoms with E-state index in [-0.39, 0.29) is 18.5 Å². The molecule has 0 saturated carbocycles. The van der Waals surface area contributed by atoms with Gasteiger partial charge in [0, 0.05) is 12.8 Å². The normalized spacial score (nSPS) is 12.8. The molecule has 0 bridgehead atoms. The highest BCUT2D eigenvalue weighted by atomic mass is 16.5. The summed E-state index contributed by atoms with van der Waals surface area (Å²) >= 11 is 0. The van der Waals surface area contributed by atoms with E-state index < -0.39 is 12.1 Å². The van der Waals surface area contributed by atoms with Gasteiger partial charge in [-0.2, -0.15) is 0 Å². The van der Waals surface area contributed by atoms with E-state index in [0.29, 0.717) is 25.9 Å². The fourth-order valence-corrected chi connectivity index (χ4v) is 8.54. The Morgan fingerprint density at radius 2 is 0.806 bits per heavy atom. The molecule has 2 unspecified atom stereocenters. The summed E-state index contributed by atoms with van der Waals surface area (Å²) in [4.78, 5) is 24.4. The van der Waals surface area contributed by atoms with Crippen LogP contribution in [0.5, 0.6) is 0 Å². The highest BCUT2D eigenvalue weighted by Gasteiger charge is 2.20. The highest BCUT2D eigenvalue weighted by Crippen LogP contribution is 2.17. The van der Waals surface area contributed by atoms with Crippen molar-refractivity contribution in [3.8, 4) is 0 Å². The topological polar surface area (TPSA) is 95.9 Å². The second-order valence-electron chi connectivity index (χ2n) is 18.9. The number of hydrogen-bond acceptors (Lipinski definition) is 5. The summed E-state index contributed by atoms with van der Waals surface area (Å²) in [6.07, 6.45) is 61.8. The first-order valence-electron chi connectivity index (χ1n) is 27.6. The van der Waals surface area contributed by atoms with Crippen LogP contribution in [0.1, 0.15) is 296 Å². The minimum Gasteiger partial charge on any atom is -0.465 e. The van der Waals surface area contributed by atoms with E-state index in [1.54, 1.807) is 0 Å². The number of hydrogen-bond donors (Lipinski definition) is 3. The van der Waals surface area contributed by atoms with Gasteiger partial charge in [0.2, 0.25) is 5.91 Å². The standard InChI is InChI=1S/C56H107NO5/c1-3-5-7-9-11-13-15-16-27-30-34-38-42-46-50-56(61)62-51-47-43-39-35-31-28-25-23-21-19-17-18-20-22-24-26-29-33-37-41-45-49-55(60)57-53(52-58)54(59)48-44-40-36-32-14-12-10-8-6-4-2/h28,31,39,43,53-54,58-59H,3-27,29-30,32-38,40-42,44-52H2,1-2H3,(H,57,60)/b31-28-,43-39-. The van der Waals surface area contributed by atoms with E-state index in [1.165, 1.54) is 212 Å². The molecule has 0 aromatic rings. The molecule has 62 heavy (non-hydrogen) atoms. The van der Waals surface area contributed by atoms with Crippen LogP contribution in [0.3, 0.4) is 0 Å². The van der Waals surface area contributed by atoms with Crippen molar-refractivity contribution in [2.45, 2.75) is 309 Å². The second kappa shape index (κ2) is 52.0. The van der Waals surface area contributed by atoms with Crippen molar-refractivity contribution in [2.24, 2.45) is 0 Å². The first kappa shape index (κ1) is 60.3. The molecule has 0 spiro atoms. The maximum atomic E-state index is 12.4. The van der Waals surface area contributed by atoms with Crippen molar-refractivity contribution >= 4 is 11.9 Å². The predicted octanol–water partition coefficient (Wildman–Crippen LogP) is 16.7. The lowest BCUT2D eigenvalue weighted by molar-refractivity contribution is -0.143. The van der Waals surface area contributed by atoms with Crippen LogP contribution in [0.4, 0.5) is 0 Å². The number of aliphatic hydroxyl groups is 2. The maximum Gasteiger partial charge on any atom is 0.305 e. The molecular formula is C56H107NO5. The van der Waals surface area contributed by atoms with Crippen molar-refractivity contribution in [3.63, 3.8) is 0 Å². The van der Waals surface area contributed by atoms with E-state index >= 15 is 0 Å². The highest BCUT2D eigenvalue weighted by molar-refractivity contribution is 5.76. The second-order valence-corrected chi connectivity index (χ2v) is 18.9. The molecule has 0 heterocycles. The Bertz CT molecular complexity index is 966. The van der Waals surface area contributed by atoms with E-state index in [0.717, 1.165) is 51.4 Å². The van der Waals surface area contributed by atoms with Gasteiger partial charge in [-0.05, 0) is 44.9 Å². The average molecular weight is 874 g/mol. The van der Waals surface area contributed by atoms with Crippen molar-refractivity contribution in [1.29, 1.82) is 0 Å². The molecule has 1 amide bonds. The molecule has 2 atom stereocenters. The molecule has 0 saturated heterocycles. The number of allylic oxidation sites excluding steroid dienone is 3. The lowest BCUT2D eigenvalue weighted by Gasteiger charge is -2.22. The van der Waals surface area contributed by atoms with E-state index in [4.69, 9.17) is 4.74 Å². The number of carbonyl (C=O) groups excluding carboxylic acids is 2. The number of rotatable bonds is 51. The molecule has 6 heteroatoms. The summed E-state index contributed by atoms with van der Waals surface area (Å²) < 4.78 is 5.41. The van der Waals surface area contributed by atoms with Crippen LogP contribution in [-0.4, -0.2) is 47.4 Å². The van der Waals surface area contributed by atoms with Gasteiger partial charge in [0.25, 0.3) is 0 Å². The van der Waals surface area contributed by atoms with Gasteiger partial charge in [0.1, 0.15) is 0 Å². The fourth-order valence-electron chi connectivity index (χ4n) is 8.54. The minimum atomic E-state index is -0.665. The smallest absolute Gasteiger partial charge is 0.305 e. The Morgan fingerprint density at radius 1 is 0.452 bits per heavy atom. The summed E-state index contributed by atoms with van der Waals surface area (Å²) in [5.41, 5.74) is 0. The third-order valence-corrected chi connectivity index (χ3v) is 12.8. The zero-order chi connectivity index (χ0) is 45.1. The molecule has 0 aromatic heterocycles. The minimum absolute atomic E-state index is 0.0331. The van der Waals surface area contributed by atoms with Gasteiger partial charge in [-0.3, -0.25) is 9.59 Å². The van der Waals surface area contributed by atoms with Crippen molar-refractivity contribution in [1.82, 2.24) is 5.32 Å². The van der Waals surface area contributed by atoms with Crippen LogP contribution in [0.2, 0.25) is 0 Å². The van der Waals surface area contributed by atoms with Gasteiger partial charge in [-0.1, -0.05) is 263 Å². The molecule has 0 aromatic carbocycles. The number of unbranched alkanes of at least 4 members (excludes halogenated alkanes) is 36. The maximum absolute atomic E-state index is 12.4. The Labute approximate surface area is 386 Å². The van der Waals surface area contributed by atoms with Gasteiger partial charge in [0.05, 0.1) is 25.4 Å². The largest absolute Gasteiger partial charge is 0.465 e. The van der Waals surface area contributed by atoms with Crippen molar-refractivity contribution in [2.75, 3.05) is 13.2 Å². The van der Waals surface area contributed by atoms with Gasteiger partial charge in [-0.15, -0.1) is 0 Å². The van der Waals surface area contributed by atoms with E-state index in [9.17, 15) is 19.8 Å². The lowest BCUT2D eigenvalue weighted by atomic mass is 10.0. The molecule has 0 aliphatic heterocycles. The zero-order valence-electron chi connectivity index (χ0n) is 41.6. The number of aliphatic hydroxyl groups excluding tert-OH is 2. The van der Waals surface area contributed by atoms with Crippen LogP contribution in [-0.2, 0) is 14.3 Å². The first-order chi connectivity index (χ1) is 30.5. The summed E-state index contributed by atoms with van der Waals surface area (Å²) in [6, 6.07) is -0.543. The Morgan fingerprint density at radius 3 is 1.23 bits per heavy atom. The third-order valence-electron chi connectivity index (χ3n) is 12.8. The Balaban J connectivity index is 3.43. The number of amides is 1. The van der Waals surface area contributed by atoms with E-state index in [2.05, 4.69) is 43.5 Å². The quantitative estimate of drug-likeness (QED) is 0.0321. The molecule has 0 aliphatic carbocycles. The summed E-state index contributed by atoms with van der Waals surface area (Å²) in [5, 5.41) is 23.1. The van der Waals surface area contributed by atoms with Gasteiger partial charge in [-0.25, -0.2) is 0 Å². The van der Waals surface area contributed by atoms with Crippen molar-refractivity contribution in [3.05, 3.63) is 24.3 Å². The van der Waals surface area contributed by atoms with Crippen LogP contribution < -0.4 is 5.32 Å². The molecular weight excluding hydrogens is 767 g/mol. The molecule has 3 N–H and O–H groups in total. The SMILES string of the molecule is CCCCCCCCCCCCCCCCC(=O)OCC/C=C\C/C=C\CCCCCCCCCCCCCCCCC(=O)NC(CO)C(O)CCCCCCCCCCCC. The van der Waals surface area contributed by atoms with E-state index in [1.807, 2.05) is 0 Å². The Kier molecular flexibility index (Phi) is 50.6. The van der Waals surface area contributed by atoms with Gasteiger partial charge >= 0.3 is 5.97 Å². The molecule has 6 nitrogen and oxygen atoms in total. The molecule has 0 rings (SSSR count). The number of esters is 1. The fraction of sp³-hybridized carbons (Fsp3) is 0.893. The molecule has 0 radical (unpaired) electrons. The zero-order valence-corrected chi connectivity index (χ0v) is 41.6. The van der Waals surface area contributed by atoms with Crippen molar-refractivity contribution < 1.29 is 24.5 Å². The van der Waals surface area contributed by atoms with Crippen LogP contribution in [0.25, 0.3) is 0 Å². The number of carbonyl (C=O) groups is 2. The van der Waals surface area contributed by atoms with Crippen LogP contribution in [0.15, 0.2) is 24.3 Å². The third kappa shape index (κ3) is 47.8. The Hall–Kier alpha value is -1.66. The van der Waals surface area contributed by atoms with Crippen LogP contribution >= 0.6 is 0 Å². The van der Waals surface area contributed by atoms with Gasteiger partial charge < -0.3 is 20.3 Å². The number of ether oxygens (including phenoxy) is 1.